The average molecular weight is 354 g/mol. The molecule has 1 aromatic heterocycles. The van der Waals surface area contributed by atoms with E-state index in [9.17, 15) is 0 Å². The van der Waals surface area contributed by atoms with Crippen molar-refractivity contribution < 1.29 is 9.47 Å². The van der Waals surface area contributed by atoms with Gasteiger partial charge in [0.1, 0.15) is 5.75 Å². The normalized spacial score (nSPS) is 10.7. The molecule has 0 amide bonds. The first-order chi connectivity index (χ1) is 10.1. The molecule has 6 heteroatoms. The lowest BCUT2D eigenvalue weighted by atomic mass is 10.3. The molecule has 1 aromatic carbocycles. The molecule has 114 valence electrons. The fraction of sp³-hybridized carbons (Fsp3) is 0.400. The van der Waals surface area contributed by atoms with E-state index in [0.717, 1.165) is 47.1 Å². The molecule has 5 nitrogen and oxygen atoms in total. The number of rotatable bonds is 7. The van der Waals surface area contributed by atoms with E-state index in [0.29, 0.717) is 0 Å². The van der Waals surface area contributed by atoms with Gasteiger partial charge in [-0.15, -0.1) is 0 Å². The zero-order valence-corrected chi connectivity index (χ0v) is 14.1. The van der Waals surface area contributed by atoms with E-state index in [4.69, 9.17) is 9.47 Å². The van der Waals surface area contributed by atoms with Gasteiger partial charge in [0.25, 0.3) is 0 Å². The van der Waals surface area contributed by atoms with E-state index in [2.05, 4.69) is 30.8 Å². The van der Waals surface area contributed by atoms with Crippen LogP contribution in [0, 0.1) is 6.92 Å². The topological polar surface area (TPSA) is 48.3 Å². The van der Waals surface area contributed by atoms with Gasteiger partial charge in [0.15, 0.2) is 0 Å². The number of hydrogen-bond donors (Lipinski definition) is 1. The second-order valence-electron chi connectivity index (χ2n) is 4.72. The third-order valence-corrected chi connectivity index (χ3v) is 3.76. The summed E-state index contributed by atoms with van der Waals surface area (Å²) in [6.45, 7) is 3.58. The van der Waals surface area contributed by atoms with Crippen LogP contribution in [-0.4, -0.2) is 30.4 Å². The van der Waals surface area contributed by atoms with Gasteiger partial charge < -0.3 is 19.4 Å². The predicted octanol–water partition coefficient (Wildman–Crippen LogP) is 3.74. The Morgan fingerprint density at radius 2 is 2.14 bits per heavy atom. The third kappa shape index (κ3) is 4.22. The van der Waals surface area contributed by atoms with E-state index in [-0.39, 0.29) is 0 Å². The summed E-state index contributed by atoms with van der Waals surface area (Å²) in [5, 5.41) is 3.35. The zero-order chi connectivity index (χ0) is 15.2. The number of imidazole rings is 1. The molecule has 0 spiro atoms. The van der Waals surface area contributed by atoms with E-state index in [1.165, 1.54) is 0 Å². The molecule has 0 unspecified atom stereocenters. The molecule has 0 radical (unpaired) electrons. The van der Waals surface area contributed by atoms with Crippen LogP contribution < -0.4 is 10.1 Å². The number of nitrogens with zero attached hydrogens (tertiary/aromatic N) is 2. The molecule has 0 saturated heterocycles. The fourth-order valence-electron chi connectivity index (χ4n) is 2.04. The maximum atomic E-state index is 5.26. The number of halogens is 1. The molecule has 1 heterocycles. The van der Waals surface area contributed by atoms with Crippen molar-refractivity contribution in [3.05, 3.63) is 34.6 Å². The Balaban J connectivity index is 2.18. The summed E-state index contributed by atoms with van der Waals surface area (Å²) >= 11 is 3.54. The van der Waals surface area contributed by atoms with Crippen LogP contribution in [0.5, 0.6) is 5.75 Å². The Kier molecular flexibility index (Phi) is 5.64. The molecule has 1 N–H and O–H groups in total. The van der Waals surface area contributed by atoms with Crippen LogP contribution in [0.4, 0.5) is 11.6 Å². The Morgan fingerprint density at radius 1 is 1.33 bits per heavy atom. The van der Waals surface area contributed by atoms with E-state index < -0.39 is 0 Å². The summed E-state index contributed by atoms with van der Waals surface area (Å²) in [5.74, 6) is 1.62. The van der Waals surface area contributed by atoms with Crippen molar-refractivity contribution in [1.29, 1.82) is 0 Å². The SMILES string of the molecule is COCCCn1cc(C)nc1Nc1cc(OC)ccc1Br. The van der Waals surface area contributed by atoms with Gasteiger partial charge in [-0.25, -0.2) is 4.98 Å². The Hall–Kier alpha value is -1.53. The van der Waals surface area contributed by atoms with Gasteiger partial charge in [0.2, 0.25) is 5.95 Å². The summed E-state index contributed by atoms with van der Waals surface area (Å²) in [6, 6.07) is 5.80. The van der Waals surface area contributed by atoms with Crippen LogP contribution in [0.15, 0.2) is 28.9 Å². The van der Waals surface area contributed by atoms with Crippen molar-refractivity contribution in [3.8, 4) is 5.75 Å². The van der Waals surface area contributed by atoms with Gasteiger partial charge in [-0.2, -0.15) is 0 Å². The van der Waals surface area contributed by atoms with Crippen LogP contribution in [0.3, 0.4) is 0 Å². The molecule has 0 atom stereocenters. The largest absolute Gasteiger partial charge is 0.497 e. The molecule has 0 aliphatic rings. The number of ether oxygens (including phenoxy) is 2. The fourth-order valence-corrected chi connectivity index (χ4v) is 2.39. The smallest absolute Gasteiger partial charge is 0.207 e. The van der Waals surface area contributed by atoms with Gasteiger partial charge in [-0.1, -0.05) is 0 Å². The predicted molar refractivity (Wildman–Crippen MR) is 87.4 cm³/mol. The highest BCUT2D eigenvalue weighted by atomic mass is 79.9. The minimum Gasteiger partial charge on any atom is -0.497 e. The van der Waals surface area contributed by atoms with Crippen molar-refractivity contribution in [2.45, 2.75) is 19.9 Å². The average Bonchev–Trinajstić information content (AvgIpc) is 2.81. The highest BCUT2D eigenvalue weighted by Crippen LogP contribution is 2.29. The van der Waals surface area contributed by atoms with Crippen molar-refractivity contribution in [2.24, 2.45) is 0 Å². The molecular formula is C15H20BrN3O2. The highest BCUT2D eigenvalue weighted by molar-refractivity contribution is 9.10. The number of hydrogen-bond acceptors (Lipinski definition) is 4. The van der Waals surface area contributed by atoms with Crippen molar-refractivity contribution in [3.63, 3.8) is 0 Å². The van der Waals surface area contributed by atoms with Gasteiger partial charge in [0, 0.05) is 37.0 Å². The molecule has 21 heavy (non-hydrogen) atoms. The highest BCUT2D eigenvalue weighted by Gasteiger charge is 2.09. The third-order valence-electron chi connectivity index (χ3n) is 3.06. The number of methoxy groups -OCH3 is 2. The van der Waals surface area contributed by atoms with E-state index in [1.54, 1.807) is 14.2 Å². The van der Waals surface area contributed by atoms with Gasteiger partial charge in [-0.3, -0.25) is 0 Å². The molecule has 0 saturated carbocycles. The summed E-state index contributed by atoms with van der Waals surface area (Å²) in [6.07, 6.45) is 2.98. The summed E-state index contributed by atoms with van der Waals surface area (Å²) < 4.78 is 13.4. The van der Waals surface area contributed by atoms with Crippen LogP contribution in [-0.2, 0) is 11.3 Å². The molecule has 0 aliphatic heterocycles. The summed E-state index contributed by atoms with van der Waals surface area (Å²) in [4.78, 5) is 4.53. The van der Waals surface area contributed by atoms with E-state index >= 15 is 0 Å². The second kappa shape index (κ2) is 7.47. The molecule has 0 fully saturated rings. The zero-order valence-electron chi connectivity index (χ0n) is 12.5. The quantitative estimate of drug-likeness (QED) is 0.770. The van der Waals surface area contributed by atoms with Crippen LogP contribution >= 0.6 is 15.9 Å². The molecule has 0 aliphatic carbocycles. The van der Waals surface area contributed by atoms with E-state index in [1.807, 2.05) is 31.3 Å². The van der Waals surface area contributed by atoms with Crippen molar-refractivity contribution >= 4 is 27.6 Å². The molecular weight excluding hydrogens is 334 g/mol. The van der Waals surface area contributed by atoms with Gasteiger partial charge in [0.05, 0.1) is 18.5 Å². The van der Waals surface area contributed by atoms with Crippen LogP contribution in [0.25, 0.3) is 0 Å². The summed E-state index contributed by atoms with van der Waals surface area (Å²) in [5.41, 5.74) is 1.90. The number of aromatic nitrogens is 2. The molecule has 2 aromatic rings. The maximum Gasteiger partial charge on any atom is 0.207 e. The number of aryl methyl sites for hydroxylation is 2. The lowest BCUT2D eigenvalue weighted by Crippen LogP contribution is -2.05. The minimum atomic E-state index is 0.736. The van der Waals surface area contributed by atoms with Crippen molar-refractivity contribution in [2.75, 3.05) is 26.1 Å². The molecule has 0 bridgehead atoms. The molecule has 2 rings (SSSR count). The lowest BCUT2D eigenvalue weighted by Gasteiger charge is -2.12. The Labute approximate surface area is 133 Å². The Bertz CT molecular complexity index is 599. The number of nitrogens with one attached hydrogen (secondary N) is 1. The standard InChI is InChI=1S/C15H20BrN3O2/c1-11-10-19(7-4-8-20-2)15(17-11)18-14-9-12(21-3)5-6-13(14)16/h5-6,9-10H,4,7-8H2,1-3H3,(H,17,18). The van der Waals surface area contributed by atoms with Gasteiger partial charge in [-0.05, 0) is 41.4 Å². The monoisotopic (exact) mass is 353 g/mol. The van der Waals surface area contributed by atoms with Crippen molar-refractivity contribution in [1.82, 2.24) is 9.55 Å². The number of anilines is 2. The van der Waals surface area contributed by atoms with Crippen LogP contribution in [0.1, 0.15) is 12.1 Å². The second-order valence-corrected chi connectivity index (χ2v) is 5.57. The first-order valence-electron chi connectivity index (χ1n) is 6.77. The Morgan fingerprint density at radius 3 is 2.86 bits per heavy atom. The lowest BCUT2D eigenvalue weighted by molar-refractivity contribution is 0.190. The minimum absolute atomic E-state index is 0.736. The first kappa shape index (κ1) is 15.9. The first-order valence-corrected chi connectivity index (χ1v) is 7.56. The van der Waals surface area contributed by atoms with Crippen LogP contribution in [0.2, 0.25) is 0 Å². The summed E-state index contributed by atoms with van der Waals surface area (Å²) in [7, 11) is 3.37. The number of benzene rings is 1. The van der Waals surface area contributed by atoms with Gasteiger partial charge >= 0.3 is 0 Å². The maximum absolute atomic E-state index is 5.26.